The monoisotopic (exact) mass is 316 g/mol. The SMILES string of the molecule is CCN1CCC[C@H]1CNC(=O)CCCC[C@@H]1CCSS1. The van der Waals surface area contributed by atoms with Crippen LogP contribution in [0.3, 0.4) is 0 Å². The van der Waals surface area contributed by atoms with Gasteiger partial charge in [-0.05, 0) is 45.2 Å². The van der Waals surface area contributed by atoms with Gasteiger partial charge in [0.15, 0.2) is 0 Å². The summed E-state index contributed by atoms with van der Waals surface area (Å²) < 4.78 is 0. The Hall–Kier alpha value is 0.130. The van der Waals surface area contributed by atoms with Crippen LogP contribution >= 0.6 is 21.6 Å². The first-order valence-corrected chi connectivity index (χ1v) is 10.5. The summed E-state index contributed by atoms with van der Waals surface area (Å²) in [6.07, 6.45) is 8.14. The zero-order chi connectivity index (χ0) is 14.2. The maximum atomic E-state index is 11.9. The highest BCUT2D eigenvalue weighted by molar-refractivity contribution is 8.77. The molecule has 0 aromatic heterocycles. The van der Waals surface area contributed by atoms with Crippen LogP contribution in [0.25, 0.3) is 0 Å². The van der Waals surface area contributed by atoms with Crippen molar-refractivity contribution in [2.24, 2.45) is 0 Å². The lowest BCUT2D eigenvalue weighted by Gasteiger charge is -2.22. The number of rotatable bonds is 8. The van der Waals surface area contributed by atoms with E-state index < -0.39 is 0 Å². The van der Waals surface area contributed by atoms with E-state index in [-0.39, 0.29) is 5.91 Å². The van der Waals surface area contributed by atoms with Crippen molar-refractivity contribution >= 4 is 27.5 Å². The molecule has 2 fully saturated rings. The van der Waals surface area contributed by atoms with Gasteiger partial charge in [0.1, 0.15) is 0 Å². The first-order valence-electron chi connectivity index (χ1n) is 8.08. The molecule has 2 rings (SSSR count). The number of nitrogens with zero attached hydrogens (tertiary/aromatic N) is 1. The van der Waals surface area contributed by atoms with Crippen molar-refractivity contribution in [3.63, 3.8) is 0 Å². The van der Waals surface area contributed by atoms with E-state index in [2.05, 4.69) is 17.1 Å². The van der Waals surface area contributed by atoms with E-state index in [1.54, 1.807) is 0 Å². The smallest absolute Gasteiger partial charge is 0.220 e. The van der Waals surface area contributed by atoms with E-state index in [0.717, 1.165) is 24.8 Å². The number of likely N-dealkylation sites (N-methyl/N-ethyl adjacent to an activating group) is 1. The molecule has 0 aromatic carbocycles. The average molecular weight is 317 g/mol. The van der Waals surface area contributed by atoms with Crippen LogP contribution in [0.5, 0.6) is 0 Å². The quantitative estimate of drug-likeness (QED) is 0.550. The van der Waals surface area contributed by atoms with Crippen molar-refractivity contribution in [1.82, 2.24) is 10.2 Å². The van der Waals surface area contributed by atoms with E-state index in [0.29, 0.717) is 12.5 Å². The summed E-state index contributed by atoms with van der Waals surface area (Å²) in [5.74, 6) is 1.56. The van der Waals surface area contributed by atoms with Gasteiger partial charge in [-0.3, -0.25) is 9.69 Å². The van der Waals surface area contributed by atoms with Crippen LogP contribution in [0.2, 0.25) is 0 Å². The van der Waals surface area contributed by atoms with Crippen LogP contribution < -0.4 is 5.32 Å². The Balaban J connectivity index is 1.49. The molecule has 0 spiro atoms. The second kappa shape index (κ2) is 9.21. The van der Waals surface area contributed by atoms with Gasteiger partial charge in [-0.1, -0.05) is 34.9 Å². The fourth-order valence-corrected chi connectivity index (χ4v) is 6.11. The highest BCUT2D eigenvalue weighted by atomic mass is 33.1. The van der Waals surface area contributed by atoms with Gasteiger partial charge >= 0.3 is 0 Å². The molecular formula is C15H28N2OS2. The minimum atomic E-state index is 0.251. The number of unbranched alkanes of at least 4 members (excludes halogenated alkanes) is 1. The molecule has 2 aliphatic rings. The molecule has 0 saturated carbocycles. The summed E-state index contributed by atoms with van der Waals surface area (Å²) in [5, 5.41) is 3.97. The van der Waals surface area contributed by atoms with Crippen molar-refractivity contribution < 1.29 is 4.79 Å². The maximum Gasteiger partial charge on any atom is 0.220 e. The third kappa shape index (κ3) is 5.49. The van der Waals surface area contributed by atoms with Crippen molar-refractivity contribution in [3.05, 3.63) is 0 Å². The average Bonchev–Trinajstić information content (AvgIpc) is 3.12. The fourth-order valence-electron chi connectivity index (χ4n) is 3.08. The Kier molecular flexibility index (Phi) is 7.60. The molecule has 0 radical (unpaired) electrons. The van der Waals surface area contributed by atoms with E-state index in [9.17, 15) is 4.79 Å². The number of hydrogen-bond acceptors (Lipinski definition) is 4. The summed E-state index contributed by atoms with van der Waals surface area (Å²) >= 11 is 0. The number of likely N-dealkylation sites (tertiary alicyclic amines) is 1. The number of nitrogens with one attached hydrogen (secondary N) is 1. The molecule has 5 heteroatoms. The Bertz CT molecular complexity index is 296. The minimum absolute atomic E-state index is 0.251. The summed E-state index contributed by atoms with van der Waals surface area (Å²) in [7, 11) is 4.05. The van der Waals surface area contributed by atoms with Crippen molar-refractivity contribution in [1.29, 1.82) is 0 Å². The van der Waals surface area contributed by atoms with Crippen LogP contribution in [-0.4, -0.2) is 47.5 Å². The highest BCUT2D eigenvalue weighted by Crippen LogP contribution is 2.39. The van der Waals surface area contributed by atoms with E-state index in [1.807, 2.05) is 21.6 Å². The van der Waals surface area contributed by atoms with E-state index in [4.69, 9.17) is 0 Å². The molecule has 3 nitrogen and oxygen atoms in total. The van der Waals surface area contributed by atoms with E-state index in [1.165, 1.54) is 44.4 Å². The number of carbonyl (C=O) groups excluding carboxylic acids is 1. The summed E-state index contributed by atoms with van der Waals surface area (Å²) in [6.45, 7) is 5.37. The standard InChI is InChI=1S/C15H28N2OS2/c1-2-17-10-5-6-13(17)12-16-15(18)8-4-3-7-14-9-11-19-20-14/h13-14H,2-12H2,1H3,(H,16,18)/t13-,14+/m0/s1. The molecule has 20 heavy (non-hydrogen) atoms. The molecular weight excluding hydrogens is 288 g/mol. The van der Waals surface area contributed by atoms with Gasteiger partial charge in [0, 0.05) is 30.0 Å². The highest BCUT2D eigenvalue weighted by Gasteiger charge is 2.23. The number of hydrogen-bond donors (Lipinski definition) is 1. The second-order valence-electron chi connectivity index (χ2n) is 5.80. The zero-order valence-electron chi connectivity index (χ0n) is 12.6. The van der Waals surface area contributed by atoms with Crippen LogP contribution in [-0.2, 0) is 4.79 Å². The molecule has 2 aliphatic heterocycles. The Morgan fingerprint density at radius 1 is 1.35 bits per heavy atom. The zero-order valence-corrected chi connectivity index (χ0v) is 14.2. The lowest BCUT2D eigenvalue weighted by Crippen LogP contribution is -2.39. The van der Waals surface area contributed by atoms with Crippen LogP contribution in [0.1, 0.15) is 51.9 Å². The molecule has 0 bridgehead atoms. The molecule has 2 heterocycles. The van der Waals surface area contributed by atoms with Crippen molar-refractivity contribution in [2.75, 3.05) is 25.4 Å². The van der Waals surface area contributed by atoms with Gasteiger partial charge in [-0.25, -0.2) is 0 Å². The molecule has 116 valence electrons. The third-order valence-corrected chi connectivity index (χ3v) is 7.35. The first-order chi connectivity index (χ1) is 9.79. The molecule has 1 N–H and O–H groups in total. The van der Waals surface area contributed by atoms with Gasteiger partial charge in [0.25, 0.3) is 0 Å². The normalized spacial score (nSPS) is 27.1. The predicted octanol–water partition coefficient (Wildman–Crippen LogP) is 3.30. The molecule has 2 atom stereocenters. The number of amides is 1. The molecule has 2 saturated heterocycles. The summed E-state index contributed by atoms with van der Waals surface area (Å²) in [4.78, 5) is 14.3. The molecule has 0 aromatic rings. The largest absolute Gasteiger partial charge is 0.355 e. The second-order valence-corrected chi connectivity index (χ2v) is 8.59. The van der Waals surface area contributed by atoms with Crippen LogP contribution in [0.4, 0.5) is 0 Å². The fraction of sp³-hybridized carbons (Fsp3) is 0.933. The minimum Gasteiger partial charge on any atom is -0.355 e. The van der Waals surface area contributed by atoms with Crippen LogP contribution in [0.15, 0.2) is 0 Å². The third-order valence-electron chi connectivity index (χ3n) is 4.35. The summed E-state index contributed by atoms with van der Waals surface area (Å²) in [5.41, 5.74) is 0. The van der Waals surface area contributed by atoms with Crippen LogP contribution in [0, 0.1) is 0 Å². The van der Waals surface area contributed by atoms with Crippen molar-refractivity contribution in [2.45, 2.75) is 63.2 Å². The van der Waals surface area contributed by atoms with Gasteiger partial charge < -0.3 is 5.32 Å². The van der Waals surface area contributed by atoms with Crippen molar-refractivity contribution in [3.8, 4) is 0 Å². The lowest BCUT2D eigenvalue weighted by atomic mass is 10.1. The summed E-state index contributed by atoms with van der Waals surface area (Å²) in [6, 6.07) is 0.580. The van der Waals surface area contributed by atoms with Gasteiger partial charge in [-0.15, -0.1) is 0 Å². The predicted molar refractivity (Wildman–Crippen MR) is 90.2 cm³/mol. The molecule has 0 unspecified atom stereocenters. The molecule has 1 amide bonds. The van der Waals surface area contributed by atoms with Gasteiger partial charge in [0.05, 0.1) is 0 Å². The lowest BCUT2D eigenvalue weighted by molar-refractivity contribution is -0.121. The first kappa shape index (κ1) is 16.5. The Labute approximate surface area is 131 Å². The topological polar surface area (TPSA) is 32.3 Å². The van der Waals surface area contributed by atoms with Gasteiger partial charge in [-0.2, -0.15) is 0 Å². The Morgan fingerprint density at radius 2 is 2.25 bits per heavy atom. The molecule has 0 aliphatic carbocycles. The van der Waals surface area contributed by atoms with Gasteiger partial charge in [0.2, 0.25) is 5.91 Å². The maximum absolute atomic E-state index is 11.9. The Morgan fingerprint density at radius 3 is 3.00 bits per heavy atom. The number of carbonyl (C=O) groups is 1. The van der Waals surface area contributed by atoms with E-state index >= 15 is 0 Å².